The van der Waals surface area contributed by atoms with Crippen molar-refractivity contribution >= 4 is 62.0 Å². The van der Waals surface area contributed by atoms with Crippen molar-refractivity contribution in [2.75, 3.05) is 9.80 Å². The van der Waals surface area contributed by atoms with Gasteiger partial charge in [-0.05, 0) is 54.3 Å². The van der Waals surface area contributed by atoms with Crippen LogP contribution in [0.15, 0.2) is 101 Å². The zero-order valence-electron chi connectivity index (χ0n) is 18.2. The predicted molar refractivity (Wildman–Crippen MR) is 138 cm³/mol. The third-order valence-electron chi connectivity index (χ3n) is 5.73. The van der Waals surface area contributed by atoms with Crippen molar-refractivity contribution in [3.8, 4) is 0 Å². The molecule has 1 aliphatic rings. The molecule has 4 amide bonds. The molecule has 0 spiro atoms. The fourth-order valence-electron chi connectivity index (χ4n) is 3.99. The van der Waals surface area contributed by atoms with Gasteiger partial charge in [0, 0.05) is 9.86 Å². The van der Waals surface area contributed by atoms with Crippen LogP contribution >= 0.6 is 15.9 Å². The Hall–Kier alpha value is -4.03. The van der Waals surface area contributed by atoms with Gasteiger partial charge in [0.15, 0.2) is 0 Å². The Balaban J connectivity index is 1.71. The van der Waals surface area contributed by atoms with E-state index >= 15 is 0 Å². The van der Waals surface area contributed by atoms with Crippen LogP contribution in [0.5, 0.6) is 0 Å². The van der Waals surface area contributed by atoms with Crippen LogP contribution in [0.25, 0.3) is 16.8 Å². The summed E-state index contributed by atoms with van der Waals surface area (Å²) in [5.74, 6) is -1.31. The van der Waals surface area contributed by atoms with Gasteiger partial charge in [-0.15, -0.1) is 0 Å². The highest BCUT2D eigenvalue weighted by atomic mass is 79.9. The second kappa shape index (κ2) is 8.72. The van der Waals surface area contributed by atoms with Crippen LogP contribution in [-0.4, -0.2) is 17.8 Å². The van der Waals surface area contributed by atoms with Crippen molar-refractivity contribution in [3.63, 3.8) is 0 Å². The number of benzene rings is 4. The van der Waals surface area contributed by atoms with Crippen LogP contribution in [0, 0.1) is 6.92 Å². The second-order valence-electron chi connectivity index (χ2n) is 8.01. The van der Waals surface area contributed by atoms with E-state index in [4.69, 9.17) is 0 Å². The Kier molecular flexibility index (Phi) is 5.59. The lowest BCUT2D eigenvalue weighted by atomic mass is 10.0. The first-order chi connectivity index (χ1) is 16.4. The van der Waals surface area contributed by atoms with Gasteiger partial charge in [-0.3, -0.25) is 9.59 Å². The van der Waals surface area contributed by atoms with Gasteiger partial charge in [0.05, 0.1) is 11.4 Å². The van der Waals surface area contributed by atoms with E-state index in [-0.39, 0.29) is 5.57 Å². The van der Waals surface area contributed by atoms with Crippen LogP contribution in [-0.2, 0) is 9.59 Å². The highest BCUT2D eigenvalue weighted by Crippen LogP contribution is 2.34. The number of amides is 4. The Bertz CT molecular complexity index is 1470. The van der Waals surface area contributed by atoms with Crippen LogP contribution in [0.3, 0.4) is 0 Å². The second-order valence-corrected chi connectivity index (χ2v) is 8.92. The summed E-state index contributed by atoms with van der Waals surface area (Å²) in [5.41, 5.74) is 2.42. The summed E-state index contributed by atoms with van der Waals surface area (Å²) in [4.78, 5) is 43.0. The third-order valence-corrected chi connectivity index (χ3v) is 6.26. The van der Waals surface area contributed by atoms with Crippen molar-refractivity contribution in [1.82, 2.24) is 0 Å². The van der Waals surface area contributed by atoms with E-state index in [1.54, 1.807) is 36.4 Å². The Morgan fingerprint density at radius 1 is 0.706 bits per heavy atom. The number of barbiturate groups is 1. The minimum atomic E-state index is -0.705. The van der Waals surface area contributed by atoms with E-state index in [0.29, 0.717) is 16.9 Å². The molecule has 5 rings (SSSR count). The van der Waals surface area contributed by atoms with Gasteiger partial charge in [-0.25, -0.2) is 14.6 Å². The maximum absolute atomic E-state index is 13.7. The highest BCUT2D eigenvalue weighted by Gasteiger charge is 2.44. The van der Waals surface area contributed by atoms with E-state index in [0.717, 1.165) is 30.6 Å². The summed E-state index contributed by atoms with van der Waals surface area (Å²) in [7, 11) is 0. The molecule has 0 aromatic heterocycles. The molecule has 166 valence electrons. The number of halogens is 1. The van der Waals surface area contributed by atoms with Crippen LogP contribution in [0.2, 0.25) is 0 Å². The van der Waals surface area contributed by atoms with E-state index in [1.807, 2.05) is 61.5 Å². The number of anilines is 2. The topological polar surface area (TPSA) is 57.7 Å². The van der Waals surface area contributed by atoms with E-state index < -0.39 is 17.8 Å². The zero-order chi connectivity index (χ0) is 23.8. The average Bonchev–Trinajstić information content (AvgIpc) is 2.84. The Labute approximate surface area is 205 Å². The lowest BCUT2D eigenvalue weighted by Crippen LogP contribution is -2.57. The fourth-order valence-corrected chi connectivity index (χ4v) is 4.26. The molecule has 0 unspecified atom stereocenters. The summed E-state index contributed by atoms with van der Waals surface area (Å²) in [6.45, 7) is 1.93. The van der Waals surface area contributed by atoms with E-state index in [2.05, 4.69) is 15.9 Å². The first-order valence-corrected chi connectivity index (χ1v) is 11.5. The standard InChI is InChI=1S/C28H19BrN2O3/c1-18-9-15-22(16-10-18)30-26(32)24(17-19-11-13-21(29)14-12-19)27(33)31(28(30)34)25-8-4-6-20-5-2-3-7-23(20)25/h2-17H,1H3/b24-17+. The quantitative estimate of drug-likeness (QED) is 0.233. The van der Waals surface area contributed by atoms with E-state index in [9.17, 15) is 14.4 Å². The highest BCUT2D eigenvalue weighted by molar-refractivity contribution is 9.10. The Morgan fingerprint density at radius 3 is 2.09 bits per heavy atom. The minimum Gasteiger partial charge on any atom is -0.268 e. The third kappa shape index (κ3) is 3.82. The van der Waals surface area contributed by atoms with Crippen molar-refractivity contribution < 1.29 is 14.4 Å². The number of imide groups is 2. The summed E-state index contributed by atoms with van der Waals surface area (Å²) < 4.78 is 0.879. The molecule has 0 saturated carbocycles. The summed E-state index contributed by atoms with van der Waals surface area (Å²) >= 11 is 3.40. The molecule has 0 radical (unpaired) electrons. The van der Waals surface area contributed by atoms with Gasteiger partial charge in [-0.1, -0.05) is 82.2 Å². The van der Waals surface area contributed by atoms with Gasteiger partial charge < -0.3 is 0 Å². The lowest BCUT2D eigenvalue weighted by Gasteiger charge is -2.34. The van der Waals surface area contributed by atoms with Gasteiger partial charge in [0.2, 0.25) is 0 Å². The number of hydrogen-bond acceptors (Lipinski definition) is 3. The molecule has 34 heavy (non-hydrogen) atoms. The predicted octanol–water partition coefficient (Wildman–Crippen LogP) is 6.49. The van der Waals surface area contributed by atoms with Gasteiger partial charge in [0.25, 0.3) is 11.8 Å². The number of aryl methyl sites for hydroxylation is 1. The summed E-state index contributed by atoms with van der Waals surface area (Å²) in [6.07, 6.45) is 1.53. The first kappa shape index (κ1) is 21.8. The number of carbonyl (C=O) groups excluding carboxylic acids is 3. The Morgan fingerprint density at radius 2 is 1.35 bits per heavy atom. The van der Waals surface area contributed by atoms with Crippen LogP contribution in [0.4, 0.5) is 16.2 Å². The smallest absolute Gasteiger partial charge is 0.268 e. The molecule has 4 aromatic carbocycles. The lowest BCUT2D eigenvalue weighted by molar-refractivity contribution is -0.121. The molecule has 1 fully saturated rings. The monoisotopic (exact) mass is 510 g/mol. The van der Waals surface area contributed by atoms with Crippen molar-refractivity contribution in [2.24, 2.45) is 0 Å². The molecule has 1 aliphatic heterocycles. The molecule has 5 nitrogen and oxygen atoms in total. The molecule has 0 aliphatic carbocycles. The number of fused-ring (bicyclic) bond motifs is 1. The largest absolute Gasteiger partial charge is 0.343 e. The van der Waals surface area contributed by atoms with Crippen LogP contribution < -0.4 is 9.80 Å². The molecule has 0 N–H and O–H groups in total. The van der Waals surface area contributed by atoms with Crippen molar-refractivity contribution in [2.45, 2.75) is 6.92 Å². The molecule has 6 heteroatoms. The number of nitrogens with zero attached hydrogens (tertiary/aromatic N) is 2. The maximum atomic E-state index is 13.7. The molecule has 0 bridgehead atoms. The maximum Gasteiger partial charge on any atom is 0.343 e. The van der Waals surface area contributed by atoms with E-state index in [1.165, 1.54) is 6.08 Å². The molecular formula is C28H19BrN2O3. The summed E-state index contributed by atoms with van der Waals surface area (Å²) in [6, 6.07) is 26.6. The fraction of sp³-hybridized carbons (Fsp3) is 0.0357. The average molecular weight is 511 g/mol. The molecular weight excluding hydrogens is 492 g/mol. The SMILES string of the molecule is Cc1ccc(N2C(=O)/C(=C\c3ccc(Br)cc3)C(=O)N(c3cccc4ccccc34)C2=O)cc1. The normalized spacial score (nSPS) is 15.5. The number of urea groups is 1. The van der Waals surface area contributed by atoms with Crippen molar-refractivity contribution in [3.05, 3.63) is 112 Å². The summed E-state index contributed by atoms with van der Waals surface area (Å²) in [5, 5.41) is 1.63. The van der Waals surface area contributed by atoms with Crippen LogP contribution in [0.1, 0.15) is 11.1 Å². The molecule has 4 aromatic rings. The molecule has 0 atom stereocenters. The van der Waals surface area contributed by atoms with Gasteiger partial charge in [0.1, 0.15) is 5.57 Å². The number of carbonyl (C=O) groups is 3. The minimum absolute atomic E-state index is 0.0876. The van der Waals surface area contributed by atoms with Gasteiger partial charge >= 0.3 is 6.03 Å². The molecule has 1 heterocycles. The molecule has 1 saturated heterocycles. The number of rotatable bonds is 3. The number of hydrogen-bond donors (Lipinski definition) is 0. The zero-order valence-corrected chi connectivity index (χ0v) is 19.8. The van der Waals surface area contributed by atoms with Crippen molar-refractivity contribution in [1.29, 1.82) is 0 Å². The first-order valence-electron chi connectivity index (χ1n) is 10.7. The van der Waals surface area contributed by atoms with Gasteiger partial charge in [-0.2, -0.15) is 0 Å².